The molecule has 0 spiro atoms. The van der Waals surface area contributed by atoms with Gasteiger partial charge in [-0.15, -0.1) is 0 Å². The third-order valence-corrected chi connectivity index (χ3v) is 4.61. The molecule has 0 unspecified atom stereocenters. The van der Waals surface area contributed by atoms with Crippen molar-refractivity contribution in [3.63, 3.8) is 0 Å². The normalized spacial score (nSPS) is 17.4. The fraction of sp³-hybridized carbons (Fsp3) is 0.500. The van der Waals surface area contributed by atoms with Crippen LogP contribution in [-0.4, -0.2) is 0 Å². The Bertz CT molecular complexity index is 720. The average molecular weight is 270 g/mol. The van der Waals surface area contributed by atoms with Crippen LogP contribution in [0, 0.1) is 0 Å². The summed E-state index contributed by atoms with van der Waals surface area (Å²) in [5.74, 6) is 0.197. The highest BCUT2D eigenvalue weighted by atomic mass is 16.4. The number of fused-ring (bicyclic) bond motifs is 3. The zero-order valence-electron chi connectivity index (χ0n) is 12.7. The maximum absolute atomic E-state index is 12.2. The molecule has 1 heterocycles. The molecular weight excluding hydrogens is 248 g/mol. The summed E-state index contributed by atoms with van der Waals surface area (Å²) in [6.45, 7) is 8.61. The van der Waals surface area contributed by atoms with Crippen LogP contribution in [0.1, 0.15) is 63.1 Å². The monoisotopic (exact) mass is 270 g/mol. The summed E-state index contributed by atoms with van der Waals surface area (Å²) in [5.41, 5.74) is 4.17. The molecule has 0 aliphatic heterocycles. The van der Waals surface area contributed by atoms with Gasteiger partial charge in [-0.25, -0.2) is 4.79 Å². The van der Waals surface area contributed by atoms with E-state index in [0.717, 1.165) is 29.4 Å². The number of hydrogen-bond acceptors (Lipinski definition) is 2. The molecule has 0 radical (unpaired) electrons. The molecule has 3 rings (SSSR count). The van der Waals surface area contributed by atoms with Crippen LogP contribution in [0.2, 0.25) is 0 Å². The van der Waals surface area contributed by atoms with Crippen LogP contribution in [0.4, 0.5) is 0 Å². The lowest BCUT2D eigenvalue weighted by molar-refractivity contribution is 0.428. The first kappa shape index (κ1) is 13.4. The molecule has 20 heavy (non-hydrogen) atoms. The Morgan fingerprint density at radius 3 is 2.70 bits per heavy atom. The van der Waals surface area contributed by atoms with E-state index < -0.39 is 0 Å². The van der Waals surface area contributed by atoms with E-state index in [1.807, 2.05) is 19.9 Å². The Hall–Kier alpha value is -1.57. The van der Waals surface area contributed by atoms with E-state index in [1.165, 1.54) is 17.5 Å². The van der Waals surface area contributed by atoms with Gasteiger partial charge in [-0.3, -0.25) is 0 Å². The van der Waals surface area contributed by atoms with Gasteiger partial charge in [0.25, 0.3) is 0 Å². The van der Waals surface area contributed by atoms with Crippen LogP contribution in [0.3, 0.4) is 0 Å². The van der Waals surface area contributed by atoms with E-state index in [9.17, 15) is 4.79 Å². The zero-order valence-corrected chi connectivity index (χ0v) is 12.7. The van der Waals surface area contributed by atoms with Gasteiger partial charge < -0.3 is 4.42 Å². The topological polar surface area (TPSA) is 30.2 Å². The predicted molar refractivity (Wildman–Crippen MR) is 82.5 cm³/mol. The summed E-state index contributed by atoms with van der Waals surface area (Å²) < 4.78 is 5.69. The molecule has 0 N–H and O–H groups in total. The van der Waals surface area contributed by atoms with E-state index in [2.05, 4.69) is 26.0 Å². The first-order chi connectivity index (χ1) is 9.40. The molecule has 106 valence electrons. The number of hydrogen-bond donors (Lipinski definition) is 0. The zero-order chi connectivity index (χ0) is 14.5. The van der Waals surface area contributed by atoms with Crippen LogP contribution in [0.25, 0.3) is 11.0 Å². The second-order valence-electron chi connectivity index (χ2n) is 6.89. The number of aryl methyl sites for hydroxylation is 1. The smallest absolute Gasteiger partial charge is 0.339 e. The third-order valence-electron chi connectivity index (χ3n) is 4.61. The molecule has 1 aliphatic carbocycles. The van der Waals surface area contributed by atoms with Gasteiger partial charge in [-0.05, 0) is 47.8 Å². The van der Waals surface area contributed by atoms with Gasteiger partial charge in [-0.1, -0.05) is 39.8 Å². The Balaban J connectivity index is 2.32. The van der Waals surface area contributed by atoms with E-state index >= 15 is 0 Å². The third kappa shape index (κ3) is 1.98. The van der Waals surface area contributed by atoms with Crippen LogP contribution in [0.5, 0.6) is 0 Å². The lowest BCUT2D eigenvalue weighted by Gasteiger charge is -2.32. The number of benzene rings is 1. The molecule has 0 amide bonds. The molecule has 0 saturated carbocycles. The molecule has 0 atom stereocenters. The molecular formula is C18H22O2. The van der Waals surface area contributed by atoms with Gasteiger partial charge in [0.05, 0.1) is 0 Å². The fourth-order valence-electron chi connectivity index (χ4n) is 3.38. The molecule has 2 aromatic rings. The molecule has 2 heteroatoms. The highest BCUT2D eigenvalue weighted by molar-refractivity contribution is 5.82. The second kappa shape index (κ2) is 4.47. The van der Waals surface area contributed by atoms with Crippen molar-refractivity contribution in [2.75, 3.05) is 0 Å². The van der Waals surface area contributed by atoms with Crippen LogP contribution in [0.15, 0.2) is 27.4 Å². The largest absolute Gasteiger partial charge is 0.422 e. The van der Waals surface area contributed by atoms with E-state index in [4.69, 9.17) is 4.42 Å². The minimum Gasteiger partial charge on any atom is -0.422 e. The highest BCUT2D eigenvalue weighted by Crippen LogP contribution is 2.39. The molecule has 0 fully saturated rings. The molecule has 1 aromatic heterocycles. The van der Waals surface area contributed by atoms with Crippen LogP contribution >= 0.6 is 0 Å². The Labute approximate surface area is 119 Å². The molecule has 1 aliphatic rings. The first-order valence-corrected chi connectivity index (χ1v) is 7.50. The summed E-state index contributed by atoms with van der Waals surface area (Å²) in [6, 6.07) is 6.34. The van der Waals surface area contributed by atoms with E-state index in [0.29, 0.717) is 0 Å². The second-order valence-corrected chi connectivity index (χ2v) is 6.89. The van der Waals surface area contributed by atoms with Gasteiger partial charge in [0.15, 0.2) is 0 Å². The van der Waals surface area contributed by atoms with E-state index in [-0.39, 0.29) is 17.0 Å². The Morgan fingerprint density at radius 2 is 2.00 bits per heavy atom. The predicted octanol–water partition coefficient (Wildman–Crippen LogP) is 4.53. The van der Waals surface area contributed by atoms with Crippen molar-refractivity contribution in [1.29, 1.82) is 0 Å². The van der Waals surface area contributed by atoms with Crippen molar-refractivity contribution in [2.45, 2.75) is 58.3 Å². The van der Waals surface area contributed by atoms with Crippen molar-refractivity contribution in [3.05, 3.63) is 45.3 Å². The molecule has 1 aromatic carbocycles. The SMILES string of the molecule is CC(C)c1cc2ccc3c(c2oc1=O)CCCC3(C)C. The summed E-state index contributed by atoms with van der Waals surface area (Å²) in [6.07, 6.45) is 3.37. The lowest BCUT2D eigenvalue weighted by atomic mass is 9.72. The van der Waals surface area contributed by atoms with Crippen molar-refractivity contribution in [2.24, 2.45) is 0 Å². The maximum Gasteiger partial charge on any atom is 0.339 e. The summed E-state index contributed by atoms with van der Waals surface area (Å²) in [4.78, 5) is 12.2. The maximum atomic E-state index is 12.2. The quantitative estimate of drug-likeness (QED) is 0.713. The van der Waals surface area contributed by atoms with Crippen molar-refractivity contribution < 1.29 is 4.42 Å². The van der Waals surface area contributed by atoms with Gasteiger partial charge in [0.2, 0.25) is 0 Å². The number of rotatable bonds is 1. The Kier molecular flexibility index (Phi) is 3.00. The van der Waals surface area contributed by atoms with Gasteiger partial charge >= 0.3 is 5.63 Å². The average Bonchev–Trinajstić information content (AvgIpc) is 2.37. The minimum absolute atomic E-state index is 0.177. The van der Waals surface area contributed by atoms with Crippen LogP contribution < -0.4 is 5.63 Å². The highest BCUT2D eigenvalue weighted by Gasteiger charge is 2.29. The van der Waals surface area contributed by atoms with Crippen LogP contribution in [-0.2, 0) is 11.8 Å². The summed E-state index contributed by atoms with van der Waals surface area (Å²) in [5, 5.41) is 1.06. The molecule has 0 saturated heterocycles. The lowest BCUT2D eigenvalue weighted by Crippen LogP contribution is -2.24. The molecule has 2 nitrogen and oxygen atoms in total. The standard InChI is InChI=1S/C18H22O2/c1-11(2)14-10-12-7-8-15-13(16(12)20-17(14)19)6-5-9-18(15,3)4/h7-8,10-11H,5-6,9H2,1-4H3. The van der Waals surface area contributed by atoms with E-state index in [1.54, 1.807) is 0 Å². The van der Waals surface area contributed by atoms with Crippen molar-refractivity contribution in [3.8, 4) is 0 Å². The fourth-order valence-corrected chi connectivity index (χ4v) is 3.38. The Morgan fingerprint density at radius 1 is 1.25 bits per heavy atom. The van der Waals surface area contributed by atoms with Crippen molar-refractivity contribution >= 4 is 11.0 Å². The first-order valence-electron chi connectivity index (χ1n) is 7.50. The summed E-state index contributed by atoms with van der Waals surface area (Å²) in [7, 11) is 0. The van der Waals surface area contributed by atoms with Gasteiger partial charge in [0, 0.05) is 10.9 Å². The summed E-state index contributed by atoms with van der Waals surface area (Å²) >= 11 is 0. The van der Waals surface area contributed by atoms with Gasteiger partial charge in [0.1, 0.15) is 5.58 Å². The van der Waals surface area contributed by atoms with Gasteiger partial charge in [-0.2, -0.15) is 0 Å². The van der Waals surface area contributed by atoms with Crippen molar-refractivity contribution in [1.82, 2.24) is 0 Å². The minimum atomic E-state index is -0.177. The molecule has 0 bridgehead atoms.